The molecule has 3 aromatic carbocycles. The molecule has 1 heterocycles. The van der Waals surface area contributed by atoms with Crippen molar-refractivity contribution in [3.05, 3.63) is 59.7 Å². The molecule has 0 fully saturated rings. The SMILES string of the molecule is CCN(CC)c1ccc(N=Nc2ccc3c4c(cccc24)C(=O)N(CCCC(=O)O)C3=O)c(NC(C)=O)c1. The second kappa shape index (κ2) is 11.2. The van der Waals surface area contributed by atoms with E-state index in [0.29, 0.717) is 39.0 Å². The van der Waals surface area contributed by atoms with Crippen LogP contribution in [-0.2, 0) is 9.59 Å². The quantitative estimate of drug-likeness (QED) is 0.270. The summed E-state index contributed by atoms with van der Waals surface area (Å²) in [6, 6.07) is 14.0. The Morgan fingerprint density at radius 2 is 1.61 bits per heavy atom. The van der Waals surface area contributed by atoms with Crippen molar-refractivity contribution < 1.29 is 24.3 Å². The third kappa shape index (κ3) is 5.24. The van der Waals surface area contributed by atoms with E-state index in [-0.39, 0.29) is 25.3 Å². The average Bonchev–Trinajstić information content (AvgIpc) is 2.89. The molecule has 0 unspecified atom stereocenters. The maximum absolute atomic E-state index is 13.1. The van der Waals surface area contributed by atoms with Crippen LogP contribution in [0.3, 0.4) is 0 Å². The van der Waals surface area contributed by atoms with Crippen molar-refractivity contribution in [3.8, 4) is 0 Å². The summed E-state index contributed by atoms with van der Waals surface area (Å²) in [6.07, 6.45) is 0.0396. The van der Waals surface area contributed by atoms with Crippen LogP contribution in [0.4, 0.5) is 22.7 Å². The van der Waals surface area contributed by atoms with Crippen molar-refractivity contribution in [2.24, 2.45) is 10.2 Å². The Morgan fingerprint density at radius 1 is 0.947 bits per heavy atom. The summed E-state index contributed by atoms with van der Waals surface area (Å²) in [5.41, 5.74) is 3.11. The number of imide groups is 1. The number of carboxylic acids is 1. The van der Waals surface area contributed by atoms with Gasteiger partial charge in [-0.1, -0.05) is 12.1 Å². The fourth-order valence-corrected chi connectivity index (χ4v) is 4.60. The number of carbonyl (C=O) groups excluding carboxylic acids is 3. The van der Waals surface area contributed by atoms with Gasteiger partial charge in [0, 0.05) is 60.6 Å². The van der Waals surface area contributed by atoms with E-state index >= 15 is 0 Å². The van der Waals surface area contributed by atoms with E-state index in [9.17, 15) is 19.2 Å². The van der Waals surface area contributed by atoms with Gasteiger partial charge in [-0.25, -0.2) is 0 Å². The number of carbonyl (C=O) groups is 4. The Balaban J connectivity index is 1.71. The van der Waals surface area contributed by atoms with Crippen LogP contribution in [0.5, 0.6) is 0 Å². The molecule has 4 rings (SSSR count). The predicted molar refractivity (Wildman–Crippen MR) is 145 cm³/mol. The zero-order valence-corrected chi connectivity index (χ0v) is 21.5. The summed E-state index contributed by atoms with van der Waals surface area (Å²) in [7, 11) is 0. The van der Waals surface area contributed by atoms with E-state index in [1.807, 2.05) is 12.1 Å². The highest BCUT2D eigenvalue weighted by molar-refractivity contribution is 6.26. The Bertz CT molecular complexity index is 1440. The van der Waals surface area contributed by atoms with Gasteiger partial charge in [-0.15, -0.1) is 10.2 Å². The molecule has 38 heavy (non-hydrogen) atoms. The standard InChI is InChI=1S/C28H29N5O5/c1-4-32(5-2)18-11-13-23(24(16-18)29-17(3)34)31-30-22-14-12-21-26-19(22)8-6-9-20(26)27(37)33(28(21)38)15-7-10-25(35)36/h6,8-9,11-14,16H,4-5,7,10,15H2,1-3H3,(H,29,34)(H,35,36). The summed E-state index contributed by atoms with van der Waals surface area (Å²) in [5, 5.41) is 21.6. The fraction of sp³-hybridized carbons (Fsp3) is 0.286. The molecule has 1 aliphatic heterocycles. The molecule has 10 nitrogen and oxygen atoms in total. The lowest BCUT2D eigenvalue weighted by Gasteiger charge is -2.27. The Hall–Kier alpha value is -4.60. The number of carboxylic acid groups (broad SMARTS) is 1. The van der Waals surface area contributed by atoms with Crippen molar-refractivity contribution >= 4 is 57.2 Å². The number of amides is 3. The van der Waals surface area contributed by atoms with Crippen LogP contribution in [0, 0.1) is 0 Å². The van der Waals surface area contributed by atoms with Crippen LogP contribution in [0.25, 0.3) is 10.8 Å². The molecule has 196 valence electrons. The van der Waals surface area contributed by atoms with E-state index in [4.69, 9.17) is 5.11 Å². The molecule has 10 heteroatoms. The van der Waals surface area contributed by atoms with Crippen LogP contribution in [0.1, 0.15) is 54.3 Å². The van der Waals surface area contributed by atoms with Crippen LogP contribution < -0.4 is 10.2 Å². The molecule has 0 aromatic heterocycles. The predicted octanol–water partition coefficient (Wildman–Crippen LogP) is 5.52. The number of rotatable bonds is 10. The number of nitrogens with zero attached hydrogens (tertiary/aromatic N) is 4. The minimum atomic E-state index is -0.983. The van der Waals surface area contributed by atoms with Gasteiger partial charge in [0.25, 0.3) is 11.8 Å². The van der Waals surface area contributed by atoms with Crippen molar-refractivity contribution in [2.45, 2.75) is 33.6 Å². The van der Waals surface area contributed by atoms with Gasteiger partial charge >= 0.3 is 5.97 Å². The molecular formula is C28H29N5O5. The molecule has 0 radical (unpaired) electrons. The lowest BCUT2D eigenvalue weighted by atomic mass is 9.93. The highest BCUT2D eigenvalue weighted by Gasteiger charge is 2.33. The smallest absolute Gasteiger partial charge is 0.303 e. The molecule has 2 N–H and O–H groups in total. The van der Waals surface area contributed by atoms with Crippen LogP contribution >= 0.6 is 0 Å². The maximum atomic E-state index is 13.1. The molecule has 0 spiro atoms. The van der Waals surface area contributed by atoms with Crippen molar-refractivity contribution in [2.75, 3.05) is 29.9 Å². The number of azo groups is 1. The first-order chi connectivity index (χ1) is 18.2. The van der Waals surface area contributed by atoms with E-state index < -0.39 is 17.8 Å². The lowest BCUT2D eigenvalue weighted by molar-refractivity contribution is -0.137. The summed E-state index contributed by atoms with van der Waals surface area (Å²) in [6.45, 7) is 7.18. The maximum Gasteiger partial charge on any atom is 0.303 e. The number of anilines is 2. The van der Waals surface area contributed by atoms with E-state index in [0.717, 1.165) is 23.7 Å². The number of hydrogen-bond acceptors (Lipinski definition) is 7. The van der Waals surface area contributed by atoms with Gasteiger partial charge in [-0.2, -0.15) is 0 Å². The number of aliphatic carboxylic acids is 1. The first-order valence-electron chi connectivity index (χ1n) is 12.5. The second-order valence-corrected chi connectivity index (χ2v) is 8.87. The van der Waals surface area contributed by atoms with Gasteiger partial charge < -0.3 is 15.3 Å². The van der Waals surface area contributed by atoms with Crippen molar-refractivity contribution in [1.29, 1.82) is 0 Å². The van der Waals surface area contributed by atoms with Gasteiger partial charge in [-0.3, -0.25) is 24.1 Å². The highest BCUT2D eigenvalue weighted by atomic mass is 16.4. The largest absolute Gasteiger partial charge is 0.481 e. The third-order valence-electron chi connectivity index (χ3n) is 6.43. The van der Waals surface area contributed by atoms with Gasteiger partial charge in [0.05, 0.1) is 11.4 Å². The second-order valence-electron chi connectivity index (χ2n) is 8.87. The Labute approximate surface area is 220 Å². The van der Waals surface area contributed by atoms with E-state index in [2.05, 4.69) is 34.3 Å². The first kappa shape index (κ1) is 26.5. The number of benzene rings is 3. The molecule has 0 bridgehead atoms. The topological polar surface area (TPSA) is 132 Å². The number of nitrogens with one attached hydrogen (secondary N) is 1. The molecule has 3 amide bonds. The zero-order valence-electron chi connectivity index (χ0n) is 21.5. The molecular weight excluding hydrogens is 486 g/mol. The molecule has 0 saturated heterocycles. The third-order valence-corrected chi connectivity index (χ3v) is 6.43. The zero-order chi connectivity index (χ0) is 27.4. The Morgan fingerprint density at radius 3 is 2.26 bits per heavy atom. The molecule has 1 aliphatic rings. The van der Waals surface area contributed by atoms with E-state index in [1.54, 1.807) is 36.4 Å². The highest BCUT2D eigenvalue weighted by Crippen LogP contribution is 2.37. The monoisotopic (exact) mass is 515 g/mol. The number of hydrogen-bond donors (Lipinski definition) is 2. The summed E-state index contributed by atoms with van der Waals surface area (Å²) in [4.78, 5) is 52.2. The van der Waals surface area contributed by atoms with Gasteiger partial charge in [0.1, 0.15) is 5.69 Å². The van der Waals surface area contributed by atoms with Crippen molar-refractivity contribution in [3.63, 3.8) is 0 Å². The van der Waals surface area contributed by atoms with Crippen LogP contribution in [0.15, 0.2) is 58.8 Å². The van der Waals surface area contributed by atoms with Gasteiger partial charge in [0.2, 0.25) is 5.91 Å². The molecule has 0 aliphatic carbocycles. The Kier molecular flexibility index (Phi) is 7.80. The summed E-state index contributed by atoms with van der Waals surface area (Å²) < 4.78 is 0. The summed E-state index contributed by atoms with van der Waals surface area (Å²) >= 11 is 0. The fourth-order valence-electron chi connectivity index (χ4n) is 4.60. The summed E-state index contributed by atoms with van der Waals surface area (Å²) in [5.74, 6) is -2.14. The molecule has 3 aromatic rings. The van der Waals surface area contributed by atoms with Gasteiger partial charge in [0.15, 0.2) is 0 Å². The van der Waals surface area contributed by atoms with Crippen molar-refractivity contribution in [1.82, 2.24) is 4.90 Å². The molecule has 0 saturated carbocycles. The van der Waals surface area contributed by atoms with Gasteiger partial charge in [-0.05, 0) is 56.7 Å². The average molecular weight is 516 g/mol. The minimum absolute atomic E-state index is 0.0245. The normalized spacial score (nSPS) is 12.9. The first-order valence-corrected chi connectivity index (χ1v) is 12.5. The minimum Gasteiger partial charge on any atom is -0.481 e. The van der Waals surface area contributed by atoms with Crippen LogP contribution in [0.2, 0.25) is 0 Å². The van der Waals surface area contributed by atoms with E-state index in [1.165, 1.54) is 6.92 Å². The lowest BCUT2D eigenvalue weighted by Crippen LogP contribution is -2.41. The van der Waals surface area contributed by atoms with Crippen LogP contribution in [-0.4, -0.2) is 53.3 Å². The molecule has 0 atom stereocenters.